The van der Waals surface area contributed by atoms with Crippen LogP contribution in [-0.2, 0) is 16.1 Å². The summed E-state index contributed by atoms with van der Waals surface area (Å²) in [6.45, 7) is 3.30. The SMILES string of the molecule is COc1cc(NC(=O)C(C)OC(=O)c2ccc(OCc3noc(C)n3)cc2)cc(OC)c1. The quantitative estimate of drug-likeness (QED) is 0.499. The molecule has 3 rings (SSSR count). The Hall–Kier alpha value is -4.08. The summed E-state index contributed by atoms with van der Waals surface area (Å²) in [5.41, 5.74) is 0.725. The molecule has 1 amide bonds. The number of esters is 1. The smallest absolute Gasteiger partial charge is 0.338 e. The molecule has 1 N–H and O–H groups in total. The van der Waals surface area contributed by atoms with Crippen LogP contribution in [0.25, 0.3) is 0 Å². The van der Waals surface area contributed by atoms with E-state index in [2.05, 4.69) is 15.5 Å². The lowest BCUT2D eigenvalue weighted by Crippen LogP contribution is -2.30. The highest BCUT2D eigenvalue weighted by atomic mass is 16.5. The summed E-state index contributed by atoms with van der Waals surface area (Å²) in [6, 6.07) is 11.2. The molecule has 0 aliphatic rings. The molecule has 2 aromatic carbocycles. The largest absolute Gasteiger partial charge is 0.497 e. The molecule has 10 heteroatoms. The van der Waals surface area contributed by atoms with Crippen molar-refractivity contribution < 1.29 is 33.1 Å². The third-order valence-corrected chi connectivity index (χ3v) is 4.30. The second-order valence-electron chi connectivity index (χ2n) is 6.68. The van der Waals surface area contributed by atoms with Gasteiger partial charge in [0.15, 0.2) is 12.7 Å². The lowest BCUT2D eigenvalue weighted by molar-refractivity contribution is -0.123. The van der Waals surface area contributed by atoms with Crippen LogP contribution in [-0.4, -0.2) is 42.3 Å². The van der Waals surface area contributed by atoms with Crippen LogP contribution in [0.3, 0.4) is 0 Å². The van der Waals surface area contributed by atoms with Gasteiger partial charge in [0.1, 0.15) is 17.2 Å². The van der Waals surface area contributed by atoms with Gasteiger partial charge in [-0.15, -0.1) is 0 Å². The lowest BCUT2D eigenvalue weighted by Gasteiger charge is -2.15. The van der Waals surface area contributed by atoms with E-state index in [0.29, 0.717) is 34.7 Å². The summed E-state index contributed by atoms with van der Waals surface area (Å²) >= 11 is 0. The number of carbonyl (C=O) groups excluding carboxylic acids is 2. The molecule has 1 unspecified atom stereocenters. The molecule has 0 spiro atoms. The van der Waals surface area contributed by atoms with Crippen LogP contribution < -0.4 is 19.5 Å². The maximum Gasteiger partial charge on any atom is 0.338 e. The van der Waals surface area contributed by atoms with E-state index in [-0.39, 0.29) is 12.2 Å². The van der Waals surface area contributed by atoms with E-state index < -0.39 is 18.0 Å². The molecule has 10 nitrogen and oxygen atoms in total. The molecule has 0 aliphatic heterocycles. The van der Waals surface area contributed by atoms with Crippen LogP contribution in [0.4, 0.5) is 5.69 Å². The lowest BCUT2D eigenvalue weighted by atomic mass is 10.2. The predicted octanol–water partition coefficient (Wildman–Crippen LogP) is 3.16. The minimum atomic E-state index is -1.03. The van der Waals surface area contributed by atoms with Gasteiger partial charge >= 0.3 is 5.97 Å². The third-order valence-electron chi connectivity index (χ3n) is 4.30. The van der Waals surface area contributed by atoms with Crippen LogP contribution in [0.5, 0.6) is 17.2 Å². The molecule has 168 valence electrons. The Bertz CT molecular complexity index is 1060. The van der Waals surface area contributed by atoms with Crippen LogP contribution in [0.2, 0.25) is 0 Å². The van der Waals surface area contributed by atoms with Crippen LogP contribution in [0.1, 0.15) is 29.0 Å². The maximum absolute atomic E-state index is 12.4. The number of methoxy groups -OCH3 is 2. The fourth-order valence-electron chi connectivity index (χ4n) is 2.64. The first-order valence-electron chi connectivity index (χ1n) is 9.65. The van der Waals surface area contributed by atoms with Gasteiger partial charge in [-0.1, -0.05) is 5.16 Å². The van der Waals surface area contributed by atoms with Crippen molar-refractivity contribution in [3.05, 3.63) is 59.7 Å². The Balaban J connectivity index is 1.54. The van der Waals surface area contributed by atoms with Crippen LogP contribution in [0.15, 0.2) is 47.0 Å². The monoisotopic (exact) mass is 441 g/mol. The second kappa shape index (κ2) is 10.3. The molecule has 1 aromatic heterocycles. The number of nitrogens with zero attached hydrogens (tertiary/aromatic N) is 2. The van der Waals surface area contributed by atoms with Gasteiger partial charge in [0.05, 0.1) is 19.8 Å². The van der Waals surface area contributed by atoms with Crippen LogP contribution >= 0.6 is 0 Å². The van der Waals surface area contributed by atoms with Gasteiger partial charge in [-0.3, -0.25) is 4.79 Å². The van der Waals surface area contributed by atoms with Crippen molar-refractivity contribution in [1.82, 2.24) is 10.1 Å². The Morgan fingerprint density at radius 1 is 1.03 bits per heavy atom. The van der Waals surface area contributed by atoms with Gasteiger partial charge in [0, 0.05) is 30.8 Å². The third kappa shape index (κ3) is 5.97. The van der Waals surface area contributed by atoms with Gasteiger partial charge in [-0.2, -0.15) is 4.98 Å². The first-order chi connectivity index (χ1) is 15.4. The fourth-order valence-corrected chi connectivity index (χ4v) is 2.64. The van der Waals surface area contributed by atoms with Crippen molar-refractivity contribution in [2.45, 2.75) is 26.6 Å². The van der Waals surface area contributed by atoms with Crippen molar-refractivity contribution >= 4 is 17.6 Å². The van der Waals surface area contributed by atoms with Crippen molar-refractivity contribution in [3.63, 3.8) is 0 Å². The minimum Gasteiger partial charge on any atom is -0.497 e. The zero-order chi connectivity index (χ0) is 23.1. The molecule has 0 aliphatic carbocycles. The molecule has 0 saturated carbocycles. The summed E-state index contributed by atoms with van der Waals surface area (Å²) in [4.78, 5) is 28.9. The van der Waals surface area contributed by atoms with E-state index in [9.17, 15) is 9.59 Å². The van der Waals surface area contributed by atoms with E-state index in [1.165, 1.54) is 33.3 Å². The maximum atomic E-state index is 12.4. The molecule has 32 heavy (non-hydrogen) atoms. The number of amides is 1. The number of hydrogen-bond donors (Lipinski definition) is 1. The molecule has 3 aromatic rings. The first kappa shape index (κ1) is 22.6. The molecule has 0 radical (unpaired) electrons. The second-order valence-corrected chi connectivity index (χ2v) is 6.68. The van der Waals surface area contributed by atoms with E-state index >= 15 is 0 Å². The number of nitrogens with one attached hydrogen (secondary N) is 1. The average molecular weight is 441 g/mol. The number of ether oxygens (including phenoxy) is 4. The van der Waals surface area contributed by atoms with Crippen molar-refractivity contribution in [1.29, 1.82) is 0 Å². The summed E-state index contributed by atoms with van der Waals surface area (Å²) < 4.78 is 26.0. The first-order valence-corrected chi connectivity index (χ1v) is 9.65. The fraction of sp³-hybridized carbons (Fsp3) is 0.273. The number of aryl methyl sites for hydroxylation is 1. The zero-order valence-electron chi connectivity index (χ0n) is 18.1. The standard InChI is InChI=1S/C22H23N3O7/c1-13(21(26)24-16-9-18(28-3)11-19(10-16)29-4)31-22(27)15-5-7-17(8-6-15)30-12-20-23-14(2)32-25-20/h5-11,13H,12H2,1-4H3,(H,24,26). The summed E-state index contributed by atoms with van der Waals surface area (Å²) in [7, 11) is 3.01. The molecular weight excluding hydrogens is 418 g/mol. The zero-order valence-corrected chi connectivity index (χ0v) is 18.1. The minimum absolute atomic E-state index is 0.132. The molecule has 1 atom stereocenters. The number of carbonyl (C=O) groups is 2. The normalized spacial score (nSPS) is 11.4. The van der Waals surface area contributed by atoms with Crippen molar-refractivity contribution in [2.24, 2.45) is 0 Å². The number of benzene rings is 2. The van der Waals surface area contributed by atoms with Gasteiger partial charge < -0.3 is 28.8 Å². The Labute approximate surface area is 184 Å². The number of hydrogen-bond acceptors (Lipinski definition) is 9. The Morgan fingerprint density at radius 2 is 1.69 bits per heavy atom. The topological polar surface area (TPSA) is 122 Å². The van der Waals surface area contributed by atoms with Gasteiger partial charge in [-0.25, -0.2) is 4.79 Å². The molecule has 0 fully saturated rings. The average Bonchev–Trinajstić information content (AvgIpc) is 3.22. The molecule has 0 bridgehead atoms. The number of anilines is 1. The predicted molar refractivity (Wildman–Crippen MR) is 113 cm³/mol. The van der Waals surface area contributed by atoms with Crippen molar-refractivity contribution in [2.75, 3.05) is 19.5 Å². The van der Waals surface area contributed by atoms with E-state index in [1.807, 2.05) is 0 Å². The van der Waals surface area contributed by atoms with E-state index in [0.717, 1.165) is 0 Å². The van der Waals surface area contributed by atoms with Crippen LogP contribution in [0, 0.1) is 6.92 Å². The summed E-state index contributed by atoms with van der Waals surface area (Å²) in [6.07, 6.45) is -1.03. The molecule has 0 saturated heterocycles. The Morgan fingerprint density at radius 3 is 2.25 bits per heavy atom. The molecule has 1 heterocycles. The number of rotatable bonds is 9. The van der Waals surface area contributed by atoms with Gasteiger partial charge in [0.2, 0.25) is 11.7 Å². The van der Waals surface area contributed by atoms with Gasteiger partial charge in [0.25, 0.3) is 5.91 Å². The molecular formula is C22H23N3O7. The highest BCUT2D eigenvalue weighted by Gasteiger charge is 2.20. The Kier molecular flexibility index (Phi) is 7.27. The van der Waals surface area contributed by atoms with E-state index in [1.54, 1.807) is 37.3 Å². The van der Waals surface area contributed by atoms with Gasteiger partial charge in [-0.05, 0) is 31.2 Å². The number of aromatic nitrogens is 2. The highest BCUT2D eigenvalue weighted by molar-refractivity contribution is 5.97. The highest BCUT2D eigenvalue weighted by Crippen LogP contribution is 2.26. The summed E-state index contributed by atoms with van der Waals surface area (Å²) in [5.74, 6) is 1.27. The van der Waals surface area contributed by atoms with Crippen molar-refractivity contribution in [3.8, 4) is 17.2 Å². The summed E-state index contributed by atoms with van der Waals surface area (Å²) in [5, 5.41) is 6.41. The van der Waals surface area contributed by atoms with E-state index in [4.69, 9.17) is 23.5 Å².